The maximum Gasteiger partial charge on any atom is 0.335 e. The Labute approximate surface area is 95.3 Å². The normalized spacial score (nSPS) is 19.3. The maximum atomic E-state index is 10.9. The van der Waals surface area contributed by atoms with Crippen LogP contribution in [-0.2, 0) is 5.54 Å². The van der Waals surface area contributed by atoms with Crippen LogP contribution in [0.2, 0.25) is 0 Å². The topological polar surface area (TPSA) is 63.3 Å². The molecule has 0 spiro atoms. The number of hydrogen-bond donors (Lipinski definition) is 2. The Kier molecular flexibility index (Phi) is 2.97. The summed E-state index contributed by atoms with van der Waals surface area (Å²) in [6.45, 7) is 0. The Morgan fingerprint density at radius 1 is 1.25 bits per heavy atom. The van der Waals surface area contributed by atoms with Crippen molar-refractivity contribution >= 4 is 5.97 Å². The summed E-state index contributed by atoms with van der Waals surface area (Å²) in [7, 11) is 0. The summed E-state index contributed by atoms with van der Waals surface area (Å²) in [5.41, 5.74) is 7.33. The largest absolute Gasteiger partial charge is 0.478 e. The molecular weight excluding hydrogens is 202 g/mol. The average Bonchev–Trinajstić information content (AvgIpc) is 2.30. The highest BCUT2D eigenvalue weighted by molar-refractivity contribution is 5.87. The number of benzene rings is 1. The van der Waals surface area contributed by atoms with Crippen LogP contribution < -0.4 is 5.73 Å². The van der Waals surface area contributed by atoms with Crippen LogP contribution in [0.15, 0.2) is 24.3 Å². The third kappa shape index (κ3) is 2.09. The van der Waals surface area contributed by atoms with E-state index in [1.54, 1.807) is 18.2 Å². The summed E-state index contributed by atoms with van der Waals surface area (Å²) in [5.74, 6) is -0.888. The van der Waals surface area contributed by atoms with Gasteiger partial charge >= 0.3 is 5.97 Å². The molecule has 0 amide bonds. The molecule has 0 unspecified atom stereocenters. The van der Waals surface area contributed by atoms with Crippen molar-refractivity contribution in [2.45, 2.75) is 37.6 Å². The van der Waals surface area contributed by atoms with Crippen molar-refractivity contribution in [3.63, 3.8) is 0 Å². The Bertz CT molecular complexity index is 395. The summed E-state index contributed by atoms with van der Waals surface area (Å²) in [5, 5.41) is 8.95. The summed E-state index contributed by atoms with van der Waals surface area (Å²) in [6.07, 6.45) is 5.41. The van der Waals surface area contributed by atoms with Gasteiger partial charge in [0.2, 0.25) is 0 Å². The molecular formula is C13H17NO2. The minimum atomic E-state index is -0.888. The first kappa shape index (κ1) is 11.1. The molecule has 1 aromatic carbocycles. The second kappa shape index (κ2) is 4.26. The molecule has 1 aliphatic rings. The second-order valence-corrected chi connectivity index (χ2v) is 4.60. The summed E-state index contributed by atoms with van der Waals surface area (Å²) >= 11 is 0. The van der Waals surface area contributed by atoms with Crippen LogP contribution in [-0.4, -0.2) is 11.1 Å². The van der Waals surface area contributed by atoms with E-state index in [4.69, 9.17) is 10.8 Å². The van der Waals surface area contributed by atoms with E-state index in [1.807, 2.05) is 6.07 Å². The van der Waals surface area contributed by atoms with Crippen LogP contribution in [0.3, 0.4) is 0 Å². The first-order valence-corrected chi connectivity index (χ1v) is 5.74. The zero-order valence-electron chi connectivity index (χ0n) is 9.28. The van der Waals surface area contributed by atoms with Gasteiger partial charge in [0, 0.05) is 5.54 Å². The molecule has 0 bridgehead atoms. The molecule has 86 valence electrons. The fraction of sp³-hybridized carbons (Fsp3) is 0.462. The lowest BCUT2D eigenvalue weighted by atomic mass is 9.77. The van der Waals surface area contributed by atoms with Gasteiger partial charge in [-0.2, -0.15) is 0 Å². The van der Waals surface area contributed by atoms with Crippen molar-refractivity contribution in [3.05, 3.63) is 35.4 Å². The third-order valence-corrected chi connectivity index (χ3v) is 3.43. The van der Waals surface area contributed by atoms with Crippen LogP contribution in [0.25, 0.3) is 0 Å². The minimum absolute atomic E-state index is 0.316. The summed E-state index contributed by atoms with van der Waals surface area (Å²) in [6, 6.07) is 7.05. The fourth-order valence-corrected chi connectivity index (χ4v) is 2.43. The fourth-order valence-electron chi connectivity index (χ4n) is 2.43. The summed E-state index contributed by atoms with van der Waals surface area (Å²) < 4.78 is 0. The number of carboxylic acids is 1. The first-order valence-electron chi connectivity index (χ1n) is 5.74. The zero-order valence-corrected chi connectivity index (χ0v) is 9.28. The standard InChI is InChI=1S/C13H17NO2/c14-13(7-2-1-3-8-13)11-6-4-5-10(9-11)12(15)16/h4-6,9H,1-3,7-8,14H2,(H,15,16). The smallest absolute Gasteiger partial charge is 0.335 e. The van der Waals surface area contributed by atoms with Gasteiger partial charge in [-0.1, -0.05) is 31.4 Å². The van der Waals surface area contributed by atoms with Crippen molar-refractivity contribution < 1.29 is 9.90 Å². The summed E-state index contributed by atoms with van der Waals surface area (Å²) in [4.78, 5) is 10.9. The number of nitrogens with two attached hydrogens (primary N) is 1. The van der Waals surface area contributed by atoms with Gasteiger partial charge in [-0.25, -0.2) is 4.79 Å². The van der Waals surface area contributed by atoms with Gasteiger partial charge in [0.15, 0.2) is 0 Å². The van der Waals surface area contributed by atoms with E-state index in [0.29, 0.717) is 5.56 Å². The van der Waals surface area contributed by atoms with E-state index in [-0.39, 0.29) is 5.54 Å². The number of carboxylic acid groups (broad SMARTS) is 1. The van der Waals surface area contributed by atoms with Gasteiger partial charge in [-0.15, -0.1) is 0 Å². The highest BCUT2D eigenvalue weighted by Crippen LogP contribution is 2.34. The first-order chi connectivity index (χ1) is 7.62. The molecule has 1 aliphatic carbocycles. The lowest BCUT2D eigenvalue weighted by Gasteiger charge is -2.34. The van der Waals surface area contributed by atoms with Crippen LogP contribution in [0.4, 0.5) is 0 Å². The van der Waals surface area contributed by atoms with Gasteiger partial charge in [-0.3, -0.25) is 0 Å². The van der Waals surface area contributed by atoms with Gasteiger partial charge in [0.05, 0.1) is 5.56 Å². The Morgan fingerprint density at radius 3 is 2.56 bits per heavy atom. The van der Waals surface area contributed by atoms with E-state index in [9.17, 15) is 4.79 Å². The van der Waals surface area contributed by atoms with E-state index >= 15 is 0 Å². The molecule has 0 saturated heterocycles. The van der Waals surface area contributed by atoms with Crippen molar-refractivity contribution in [3.8, 4) is 0 Å². The second-order valence-electron chi connectivity index (χ2n) is 4.60. The molecule has 2 rings (SSSR count). The molecule has 16 heavy (non-hydrogen) atoms. The maximum absolute atomic E-state index is 10.9. The van der Waals surface area contributed by atoms with E-state index in [0.717, 1.165) is 31.2 Å². The van der Waals surface area contributed by atoms with Gasteiger partial charge in [0.1, 0.15) is 0 Å². The highest BCUT2D eigenvalue weighted by Gasteiger charge is 2.29. The number of hydrogen-bond acceptors (Lipinski definition) is 2. The van der Waals surface area contributed by atoms with Crippen LogP contribution >= 0.6 is 0 Å². The lowest BCUT2D eigenvalue weighted by molar-refractivity contribution is 0.0696. The van der Waals surface area contributed by atoms with E-state index in [2.05, 4.69) is 0 Å². The molecule has 0 aliphatic heterocycles. The highest BCUT2D eigenvalue weighted by atomic mass is 16.4. The predicted molar refractivity (Wildman–Crippen MR) is 62.4 cm³/mol. The molecule has 1 fully saturated rings. The van der Waals surface area contributed by atoms with Gasteiger partial charge in [-0.05, 0) is 30.5 Å². The zero-order chi connectivity index (χ0) is 11.6. The van der Waals surface area contributed by atoms with Crippen LogP contribution in [0.5, 0.6) is 0 Å². The Balaban J connectivity index is 2.31. The molecule has 3 heteroatoms. The minimum Gasteiger partial charge on any atom is -0.478 e. The Hall–Kier alpha value is -1.35. The molecule has 1 saturated carbocycles. The monoisotopic (exact) mass is 219 g/mol. The van der Waals surface area contributed by atoms with Crippen molar-refractivity contribution in [1.29, 1.82) is 0 Å². The van der Waals surface area contributed by atoms with Gasteiger partial charge < -0.3 is 10.8 Å². The molecule has 0 heterocycles. The number of carbonyl (C=O) groups is 1. The van der Waals surface area contributed by atoms with E-state index < -0.39 is 5.97 Å². The third-order valence-electron chi connectivity index (χ3n) is 3.43. The van der Waals surface area contributed by atoms with Crippen molar-refractivity contribution in [1.82, 2.24) is 0 Å². The SMILES string of the molecule is NC1(c2cccc(C(=O)O)c2)CCCCC1. The molecule has 3 N–H and O–H groups in total. The van der Waals surface area contributed by atoms with Crippen LogP contribution in [0, 0.1) is 0 Å². The van der Waals surface area contributed by atoms with Crippen LogP contribution in [0.1, 0.15) is 48.0 Å². The van der Waals surface area contributed by atoms with E-state index in [1.165, 1.54) is 6.42 Å². The lowest BCUT2D eigenvalue weighted by Crippen LogP contribution is -2.38. The Morgan fingerprint density at radius 2 is 1.94 bits per heavy atom. The predicted octanol–water partition coefficient (Wildman–Crippen LogP) is 2.50. The molecule has 0 atom stereocenters. The molecule has 1 aromatic rings. The van der Waals surface area contributed by atoms with Gasteiger partial charge in [0.25, 0.3) is 0 Å². The average molecular weight is 219 g/mol. The molecule has 0 radical (unpaired) electrons. The molecule has 3 nitrogen and oxygen atoms in total. The quantitative estimate of drug-likeness (QED) is 0.803. The van der Waals surface area contributed by atoms with Crippen molar-refractivity contribution in [2.75, 3.05) is 0 Å². The number of aromatic carboxylic acids is 1. The number of rotatable bonds is 2. The van der Waals surface area contributed by atoms with Crippen molar-refractivity contribution in [2.24, 2.45) is 5.73 Å². The molecule has 0 aromatic heterocycles.